The molecule has 3 heterocycles. The van der Waals surface area contributed by atoms with E-state index in [1.54, 1.807) is 0 Å². The molecule has 26 heavy (non-hydrogen) atoms. The molecular formula is C20H25N5O. The van der Waals surface area contributed by atoms with Crippen molar-refractivity contribution >= 4 is 11.5 Å². The largest absolute Gasteiger partial charge is 0.379 e. The van der Waals surface area contributed by atoms with Gasteiger partial charge in [-0.3, -0.25) is 4.90 Å². The lowest BCUT2D eigenvalue weighted by atomic mass is 10.1. The minimum atomic E-state index is 0.829. The van der Waals surface area contributed by atoms with Crippen LogP contribution in [0.1, 0.15) is 11.1 Å². The Kier molecular flexibility index (Phi) is 4.86. The molecule has 1 aliphatic rings. The van der Waals surface area contributed by atoms with E-state index in [4.69, 9.17) is 9.72 Å². The van der Waals surface area contributed by atoms with Gasteiger partial charge < -0.3 is 10.1 Å². The molecule has 1 N–H and O–H groups in total. The van der Waals surface area contributed by atoms with Gasteiger partial charge in [-0.15, -0.1) is 0 Å². The van der Waals surface area contributed by atoms with Crippen LogP contribution in [0.15, 0.2) is 36.5 Å². The van der Waals surface area contributed by atoms with Crippen molar-refractivity contribution in [1.29, 1.82) is 0 Å². The van der Waals surface area contributed by atoms with E-state index in [1.807, 2.05) is 10.7 Å². The Morgan fingerprint density at radius 1 is 1.12 bits per heavy atom. The maximum atomic E-state index is 5.42. The molecule has 0 atom stereocenters. The number of nitrogens with zero attached hydrogens (tertiary/aromatic N) is 4. The van der Waals surface area contributed by atoms with Gasteiger partial charge in [0, 0.05) is 43.4 Å². The second-order valence-corrected chi connectivity index (χ2v) is 6.79. The highest BCUT2D eigenvalue weighted by Gasteiger charge is 2.13. The molecular weight excluding hydrogens is 326 g/mol. The predicted octanol–water partition coefficient (Wildman–Crippen LogP) is 2.76. The second kappa shape index (κ2) is 7.43. The van der Waals surface area contributed by atoms with E-state index in [0.717, 1.165) is 67.7 Å². The highest BCUT2D eigenvalue weighted by Crippen LogP contribution is 2.25. The topological polar surface area (TPSA) is 54.7 Å². The number of aryl methyl sites for hydroxylation is 2. The molecule has 136 valence electrons. The molecule has 6 heteroatoms. The van der Waals surface area contributed by atoms with E-state index >= 15 is 0 Å². The fraction of sp³-hybridized carbons (Fsp3) is 0.400. The third kappa shape index (κ3) is 3.43. The number of rotatable bonds is 5. The molecule has 0 unspecified atom stereocenters. The van der Waals surface area contributed by atoms with E-state index in [-0.39, 0.29) is 0 Å². The number of fused-ring (bicyclic) bond motifs is 1. The Bertz CT molecular complexity index is 898. The Labute approximate surface area is 153 Å². The van der Waals surface area contributed by atoms with Gasteiger partial charge in [-0.25, -0.2) is 4.98 Å². The number of aromatic nitrogens is 3. The third-order valence-corrected chi connectivity index (χ3v) is 4.91. The zero-order valence-corrected chi connectivity index (χ0v) is 15.4. The summed E-state index contributed by atoms with van der Waals surface area (Å²) in [6.07, 6.45) is 1.87. The van der Waals surface area contributed by atoms with E-state index in [9.17, 15) is 0 Å². The number of benzene rings is 1. The molecule has 3 aromatic rings. The molecule has 0 aliphatic carbocycles. The number of hydrogen-bond donors (Lipinski definition) is 1. The van der Waals surface area contributed by atoms with Crippen LogP contribution < -0.4 is 5.32 Å². The fourth-order valence-electron chi connectivity index (χ4n) is 3.36. The molecule has 1 aliphatic heterocycles. The van der Waals surface area contributed by atoms with Crippen LogP contribution in [-0.2, 0) is 4.74 Å². The minimum absolute atomic E-state index is 0.829. The predicted molar refractivity (Wildman–Crippen MR) is 104 cm³/mol. The molecule has 0 spiro atoms. The van der Waals surface area contributed by atoms with Crippen molar-refractivity contribution in [2.45, 2.75) is 13.8 Å². The highest BCUT2D eigenvalue weighted by molar-refractivity contribution is 5.70. The molecule has 0 saturated carbocycles. The minimum Gasteiger partial charge on any atom is -0.379 e. The highest BCUT2D eigenvalue weighted by atomic mass is 16.5. The van der Waals surface area contributed by atoms with Gasteiger partial charge in [0.1, 0.15) is 5.82 Å². The number of hydrogen-bond acceptors (Lipinski definition) is 5. The molecule has 2 aromatic heterocycles. The van der Waals surface area contributed by atoms with Gasteiger partial charge in [-0.1, -0.05) is 24.3 Å². The SMILES string of the molecule is Cc1ccccc1-c1cc(NCCN2CCOCC2)n2ncc(C)c2n1. The molecule has 0 radical (unpaired) electrons. The fourth-order valence-corrected chi connectivity index (χ4v) is 3.36. The Balaban J connectivity index is 1.61. The molecule has 0 bridgehead atoms. The number of ether oxygens (including phenoxy) is 1. The average molecular weight is 351 g/mol. The van der Waals surface area contributed by atoms with Crippen molar-refractivity contribution < 1.29 is 4.74 Å². The Morgan fingerprint density at radius 2 is 1.92 bits per heavy atom. The van der Waals surface area contributed by atoms with E-state index in [0.29, 0.717) is 0 Å². The lowest BCUT2D eigenvalue weighted by molar-refractivity contribution is 0.0398. The summed E-state index contributed by atoms with van der Waals surface area (Å²) in [5.41, 5.74) is 5.34. The summed E-state index contributed by atoms with van der Waals surface area (Å²) in [6, 6.07) is 10.5. The van der Waals surface area contributed by atoms with Crippen molar-refractivity contribution in [3.05, 3.63) is 47.7 Å². The molecule has 1 fully saturated rings. The molecule has 0 amide bonds. The number of anilines is 1. The molecule has 6 nitrogen and oxygen atoms in total. The Hall–Kier alpha value is -2.44. The standard InChI is InChI=1S/C20H25N5O/c1-15-5-3-4-6-17(15)18-13-19(25-20(23-18)16(2)14-22-25)21-7-8-24-9-11-26-12-10-24/h3-6,13-14,21H,7-12H2,1-2H3. The van der Waals surface area contributed by atoms with Gasteiger partial charge in [0.25, 0.3) is 0 Å². The first-order valence-electron chi connectivity index (χ1n) is 9.18. The quantitative estimate of drug-likeness (QED) is 0.766. The first-order chi connectivity index (χ1) is 12.7. The van der Waals surface area contributed by atoms with E-state index in [2.05, 4.69) is 59.5 Å². The zero-order valence-electron chi connectivity index (χ0n) is 15.4. The van der Waals surface area contributed by atoms with Crippen LogP contribution in [0.25, 0.3) is 16.9 Å². The van der Waals surface area contributed by atoms with Gasteiger partial charge in [-0.05, 0) is 19.4 Å². The van der Waals surface area contributed by atoms with Gasteiger partial charge >= 0.3 is 0 Å². The van der Waals surface area contributed by atoms with Crippen molar-refractivity contribution in [2.75, 3.05) is 44.7 Å². The summed E-state index contributed by atoms with van der Waals surface area (Å²) in [5.74, 6) is 0.981. The normalized spacial score (nSPS) is 15.5. The summed E-state index contributed by atoms with van der Waals surface area (Å²) in [5, 5.41) is 8.05. The lowest BCUT2D eigenvalue weighted by Gasteiger charge is -2.26. The monoisotopic (exact) mass is 351 g/mol. The maximum Gasteiger partial charge on any atom is 0.160 e. The van der Waals surface area contributed by atoms with Crippen LogP contribution >= 0.6 is 0 Å². The summed E-state index contributed by atoms with van der Waals surface area (Å²) >= 11 is 0. The van der Waals surface area contributed by atoms with Crippen LogP contribution in [-0.4, -0.2) is 58.9 Å². The van der Waals surface area contributed by atoms with Gasteiger partial charge in [-0.2, -0.15) is 9.61 Å². The van der Waals surface area contributed by atoms with Crippen LogP contribution in [0.5, 0.6) is 0 Å². The average Bonchev–Trinajstić information content (AvgIpc) is 3.04. The molecule has 1 aromatic carbocycles. The smallest absolute Gasteiger partial charge is 0.160 e. The lowest BCUT2D eigenvalue weighted by Crippen LogP contribution is -2.39. The van der Waals surface area contributed by atoms with Crippen molar-refractivity contribution in [2.24, 2.45) is 0 Å². The number of morpholine rings is 1. The first-order valence-corrected chi connectivity index (χ1v) is 9.18. The first kappa shape index (κ1) is 17.0. The van der Waals surface area contributed by atoms with Crippen LogP contribution in [0.3, 0.4) is 0 Å². The Morgan fingerprint density at radius 3 is 2.73 bits per heavy atom. The van der Waals surface area contributed by atoms with Crippen LogP contribution in [0.2, 0.25) is 0 Å². The summed E-state index contributed by atoms with van der Waals surface area (Å²) in [4.78, 5) is 7.28. The third-order valence-electron chi connectivity index (χ3n) is 4.91. The van der Waals surface area contributed by atoms with Gasteiger partial charge in [0.05, 0.1) is 25.1 Å². The zero-order chi connectivity index (χ0) is 17.9. The summed E-state index contributed by atoms with van der Waals surface area (Å²) < 4.78 is 7.32. The second-order valence-electron chi connectivity index (χ2n) is 6.79. The molecule has 4 rings (SSSR count). The van der Waals surface area contributed by atoms with Crippen LogP contribution in [0.4, 0.5) is 5.82 Å². The summed E-state index contributed by atoms with van der Waals surface area (Å²) in [7, 11) is 0. The van der Waals surface area contributed by atoms with Gasteiger partial charge in [0.2, 0.25) is 0 Å². The molecule has 1 saturated heterocycles. The van der Waals surface area contributed by atoms with E-state index < -0.39 is 0 Å². The maximum absolute atomic E-state index is 5.42. The van der Waals surface area contributed by atoms with Crippen LogP contribution in [0, 0.1) is 13.8 Å². The van der Waals surface area contributed by atoms with Gasteiger partial charge in [0.15, 0.2) is 5.65 Å². The van der Waals surface area contributed by atoms with E-state index in [1.165, 1.54) is 5.56 Å². The summed E-state index contributed by atoms with van der Waals surface area (Å²) in [6.45, 7) is 9.69. The van der Waals surface area contributed by atoms with Crippen molar-refractivity contribution in [3.63, 3.8) is 0 Å². The van der Waals surface area contributed by atoms with Crippen molar-refractivity contribution in [1.82, 2.24) is 19.5 Å². The number of nitrogens with one attached hydrogen (secondary N) is 1. The van der Waals surface area contributed by atoms with Crippen molar-refractivity contribution in [3.8, 4) is 11.3 Å².